The third kappa shape index (κ3) is 1.40. The minimum atomic E-state index is -3.08. The van der Waals surface area contributed by atoms with E-state index < -0.39 is 14.7 Å². The molecule has 4 heterocycles. The van der Waals surface area contributed by atoms with Crippen molar-refractivity contribution in [2.24, 2.45) is 0 Å². The van der Waals surface area contributed by atoms with E-state index in [1.54, 1.807) is 0 Å². The smallest absolute Gasteiger partial charge is 0.273 e. The first-order valence-corrected chi connectivity index (χ1v) is 11.3. The molecule has 0 fully saturated rings. The lowest BCUT2D eigenvalue weighted by Crippen LogP contribution is -2.23. The molecule has 0 amide bonds. The van der Waals surface area contributed by atoms with Crippen molar-refractivity contribution in [3.8, 4) is 9.75 Å². The molecule has 4 rings (SSSR count). The Balaban J connectivity index is 1.99. The van der Waals surface area contributed by atoms with Crippen molar-refractivity contribution in [3.63, 3.8) is 0 Å². The molecule has 2 aliphatic heterocycles. The zero-order valence-electron chi connectivity index (χ0n) is 10.9. The summed E-state index contributed by atoms with van der Waals surface area (Å²) in [7, 11) is -5.93. The summed E-state index contributed by atoms with van der Waals surface area (Å²) in [4.78, 5) is 1.92. The molecule has 0 aromatic carbocycles. The topological polar surface area (TPSA) is 52.6 Å². The summed E-state index contributed by atoms with van der Waals surface area (Å²) in [5, 5.41) is 4.16. The molecule has 0 radical (unpaired) electrons. The molecule has 2 aromatic heterocycles. The van der Waals surface area contributed by atoms with Crippen LogP contribution in [-0.2, 0) is 18.2 Å². The second-order valence-electron chi connectivity index (χ2n) is 4.51. The van der Waals surface area contributed by atoms with Gasteiger partial charge >= 0.3 is 0 Å². The molecule has 8 heteroatoms. The minimum Gasteiger partial charge on any atom is -0.322 e. The third-order valence-corrected chi connectivity index (χ3v) is 12.0. The molecule has 106 valence electrons. The molecule has 0 spiro atoms. The highest BCUT2D eigenvalue weighted by atomic mass is 32.1. The van der Waals surface area contributed by atoms with Gasteiger partial charge in [-0.05, 0) is 25.3 Å². The molecule has 2 unspecified atom stereocenters. The lowest BCUT2D eigenvalue weighted by Gasteiger charge is -2.21. The Bertz CT molecular complexity index is 820. The van der Waals surface area contributed by atoms with Gasteiger partial charge in [-0.2, -0.15) is 0 Å². The first-order valence-electron chi connectivity index (χ1n) is 6.34. The van der Waals surface area contributed by atoms with Crippen LogP contribution in [0.3, 0.4) is 0 Å². The highest BCUT2D eigenvalue weighted by molar-refractivity contribution is 7.93. The van der Waals surface area contributed by atoms with Gasteiger partial charge in [-0.25, -0.2) is 0 Å². The maximum Gasteiger partial charge on any atom is 0.273 e. The zero-order chi connectivity index (χ0) is 14.1. The van der Waals surface area contributed by atoms with Gasteiger partial charge in [0.2, 0.25) is 0 Å². The fourth-order valence-electron chi connectivity index (χ4n) is 2.67. The van der Waals surface area contributed by atoms with Gasteiger partial charge in [-0.3, -0.25) is 9.13 Å². The molecule has 0 saturated heterocycles. The lowest BCUT2D eigenvalue weighted by molar-refractivity contribution is 0.347. The summed E-state index contributed by atoms with van der Waals surface area (Å²) < 4.78 is 37.9. The molecular formula is C12H12O4P2S2. The average molecular weight is 346 g/mol. The molecule has 0 aliphatic carbocycles. The molecular weight excluding hydrogens is 334 g/mol. The second kappa shape index (κ2) is 4.16. The van der Waals surface area contributed by atoms with Crippen molar-refractivity contribution in [1.82, 2.24) is 0 Å². The molecule has 2 aromatic rings. The van der Waals surface area contributed by atoms with Crippen LogP contribution < -0.4 is 20.5 Å². The van der Waals surface area contributed by atoms with Crippen molar-refractivity contribution < 1.29 is 18.2 Å². The summed E-state index contributed by atoms with van der Waals surface area (Å²) >= 11 is 2.99. The second-order valence-corrected chi connectivity index (χ2v) is 11.3. The van der Waals surface area contributed by atoms with Crippen molar-refractivity contribution in [3.05, 3.63) is 11.4 Å². The molecule has 0 saturated carbocycles. The summed E-state index contributed by atoms with van der Waals surface area (Å²) in [6.45, 7) is 4.42. The van der Waals surface area contributed by atoms with Crippen LogP contribution in [0.2, 0.25) is 0 Å². The number of thiophene rings is 2. The van der Waals surface area contributed by atoms with Crippen molar-refractivity contribution >= 4 is 57.9 Å². The van der Waals surface area contributed by atoms with E-state index in [-0.39, 0.29) is 0 Å². The minimum absolute atomic E-state index is 0.369. The number of fused-ring (bicyclic) bond motifs is 7. The van der Waals surface area contributed by atoms with Gasteiger partial charge in [-0.15, -0.1) is 22.7 Å². The van der Waals surface area contributed by atoms with Crippen LogP contribution >= 0.6 is 37.4 Å². The van der Waals surface area contributed by atoms with Gasteiger partial charge < -0.3 is 9.05 Å². The SMILES string of the molecule is CCOP1(=O)c2ccsc2-c2sc1c1c2P1(=O)OCC. The standard InChI is InChI=1S/C12H12O4P2S2/c1-3-15-17(13)7-5-6-19-10(7)11-8-9(12(17)20-11)18(8,14)16-4-2/h5-6H,3-4H2,1-2H3. The summed E-state index contributed by atoms with van der Waals surface area (Å²) in [5.41, 5.74) is 0. The Morgan fingerprint density at radius 3 is 2.45 bits per heavy atom. The van der Waals surface area contributed by atoms with Crippen molar-refractivity contribution in [2.45, 2.75) is 13.8 Å². The van der Waals surface area contributed by atoms with Crippen LogP contribution in [0.4, 0.5) is 0 Å². The summed E-state index contributed by atoms with van der Waals surface area (Å²) in [5.74, 6) is 0. The van der Waals surface area contributed by atoms with Crippen LogP contribution in [0.1, 0.15) is 13.8 Å². The molecule has 2 bridgehead atoms. The van der Waals surface area contributed by atoms with Gasteiger partial charge in [0, 0.05) is 0 Å². The fourth-order valence-corrected chi connectivity index (χ4v) is 12.5. The number of hydrogen-bond acceptors (Lipinski definition) is 6. The van der Waals surface area contributed by atoms with Crippen LogP contribution in [0, 0.1) is 0 Å². The quantitative estimate of drug-likeness (QED) is 0.799. The van der Waals surface area contributed by atoms with Gasteiger partial charge in [0.15, 0.2) is 0 Å². The average Bonchev–Trinajstić information content (AvgIpc) is 2.84. The number of rotatable bonds is 4. The summed E-state index contributed by atoms with van der Waals surface area (Å²) in [6, 6.07) is 1.87. The van der Waals surface area contributed by atoms with Crippen LogP contribution in [0.15, 0.2) is 11.4 Å². The van der Waals surface area contributed by atoms with E-state index in [0.29, 0.717) is 23.1 Å². The van der Waals surface area contributed by atoms with E-state index >= 15 is 0 Å². The highest BCUT2D eigenvalue weighted by Gasteiger charge is 2.61. The first kappa shape index (κ1) is 13.4. The monoisotopic (exact) mass is 346 g/mol. The van der Waals surface area contributed by atoms with Crippen LogP contribution in [0.25, 0.3) is 9.75 Å². The zero-order valence-corrected chi connectivity index (χ0v) is 14.3. The molecule has 20 heavy (non-hydrogen) atoms. The van der Waals surface area contributed by atoms with E-state index in [2.05, 4.69) is 0 Å². The Kier molecular flexibility index (Phi) is 2.80. The predicted octanol–water partition coefficient (Wildman–Crippen LogP) is 2.63. The normalized spacial score (nSPS) is 29.1. The molecule has 2 atom stereocenters. The Morgan fingerprint density at radius 1 is 1.05 bits per heavy atom. The third-order valence-electron chi connectivity index (χ3n) is 3.44. The van der Waals surface area contributed by atoms with E-state index in [1.807, 2.05) is 25.3 Å². The fraction of sp³-hybridized carbons (Fsp3) is 0.333. The Hall–Kier alpha value is -0.220. The molecule has 0 N–H and O–H groups in total. The van der Waals surface area contributed by atoms with E-state index in [9.17, 15) is 9.13 Å². The maximum absolute atomic E-state index is 13.3. The Morgan fingerprint density at radius 2 is 1.75 bits per heavy atom. The van der Waals surface area contributed by atoms with Crippen LogP contribution in [-0.4, -0.2) is 13.2 Å². The van der Waals surface area contributed by atoms with Crippen molar-refractivity contribution in [2.75, 3.05) is 13.2 Å². The van der Waals surface area contributed by atoms with E-state index in [4.69, 9.17) is 9.05 Å². The number of hydrogen-bond donors (Lipinski definition) is 0. The first-order chi connectivity index (χ1) is 9.58. The Labute approximate surface area is 124 Å². The molecule has 2 aliphatic rings. The molecule has 4 nitrogen and oxygen atoms in total. The van der Waals surface area contributed by atoms with Gasteiger partial charge in [-0.1, -0.05) is 0 Å². The predicted molar refractivity (Wildman–Crippen MR) is 84.6 cm³/mol. The van der Waals surface area contributed by atoms with Gasteiger partial charge in [0.05, 0.1) is 38.9 Å². The van der Waals surface area contributed by atoms with Crippen LogP contribution in [0.5, 0.6) is 0 Å². The van der Waals surface area contributed by atoms with Gasteiger partial charge in [0.25, 0.3) is 14.7 Å². The van der Waals surface area contributed by atoms with Gasteiger partial charge in [0.1, 0.15) is 4.62 Å². The lowest BCUT2D eigenvalue weighted by atomic mass is 10.4. The highest BCUT2D eigenvalue weighted by Crippen LogP contribution is 2.66. The summed E-state index contributed by atoms with van der Waals surface area (Å²) in [6.07, 6.45) is 0. The van der Waals surface area contributed by atoms with E-state index in [0.717, 1.165) is 20.4 Å². The largest absolute Gasteiger partial charge is 0.322 e. The van der Waals surface area contributed by atoms with Crippen molar-refractivity contribution in [1.29, 1.82) is 0 Å². The van der Waals surface area contributed by atoms with E-state index in [1.165, 1.54) is 22.7 Å². The maximum atomic E-state index is 13.3.